The first-order chi connectivity index (χ1) is 13.1. The van der Waals surface area contributed by atoms with Crippen molar-refractivity contribution in [1.29, 1.82) is 0 Å². The second-order valence-electron chi connectivity index (χ2n) is 6.01. The number of fused-ring (bicyclic) bond motifs is 1. The van der Waals surface area contributed by atoms with Gasteiger partial charge in [-0.15, -0.1) is 0 Å². The number of carbonyl (C=O) groups is 2. The van der Waals surface area contributed by atoms with Gasteiger partial charge in [-0.2, -0.15) is 0 Å². The van der Waals surface area contributed by atoms with E-state index in [1.165, 1.54) is 11.8 Å². The van der Waals surface area contributed by atoms with Crippen molar-refractivity contribution in [2.24, 2.45) is 10.7 Å². The summed E-state index contributed by atoms with van der Waals surface area (Å²) in [6.45, 7) is 0.0870. The van der Waals surface area contributed by atoms with Gasteiger partial charge in [0, 0.05) is 22.7 Å². The third-order valence-corrected chi connectivity index (χ3v) is 4.98. The number of amidine groups is 1. The summed E-state index contributed by atoms with van der Waals surface area (Å²) in [4.78, 5) is 28.7. The Kier molecular flexibility index (Phi) is 4.52. The van der Waals surface area contributed by atoms with Gasteiger partial charge in [0.05, 0.1) is 10.6 Å². The van der Waals surface area contributed by atoms with E-state index in [-0.39, 0.29) is 12.5 Å². The van der Waals surface area contributed by atoms with Crippen LogP contribution in [0.3, 0.4) is 0 Å². The standard InChI is InChI=1S/C20H16N4O2S/c21-18(25)12-24-11-13(15-8-4-5-9-16(15)24)10-17-19(26)23-20(27-17)22-14-6-2-1-3-7-14/h1-11H,12H2,(H2,21,25)(H,22,23,26)/b17-10+. The maximum Gasteiger partial charge on any atom is 0.264 e. The molecule has 3 N–H and O–H groups in total. The van der Waals surface area contributed by atoms with Crippen LogP contribution in [0.5, 0.6) is 0 Å². The molecule has 1 saturated heterocycles. The van der Waals surface area contributed by atoms with E-state index in [1.807, 2.05) is 66.9 Å². The summed E-state index contributed by atoms with van der Waals surface area (Å²) >= 11 is 1.29. The number of thioether (sulfide) groups is 1. The summed E-state index contributed by atoms with van der Waals surface area (Å²) in [5, 5.41) is 4.28. The van der Waals surface area contributed by atoms with Gasteiger partial charge in [0.2, 0.25) is 5.91 Å². The fourth-order valence-corrected chi connectivity index (χ4v) is 3.76. The molecule has 3 aromatic rings. The minimum Gasteiger partial charge on any atom is -0.368 e. The zero-order valence-corrected chi connectivity index (χ0v) is 15.1. The first kappa shape index (κ1) is 17.1. The molecule has 6 nitrogen and oxygen atoms in total. The summed E-state index contributed by atoms with van der Waals surface area (Å²) in [5.74, 6) is -0.610. The molecule has 0 aliphatic carbocycles. The maximum absolute atomic E-state index is 12.3. The lowest BCUT2D eigenvalue weighted by Gasteiger charge is -2.00. The lowest BCUT2D eigenvalue weighted by molar-refractivity contribution is -0.118. The molecule has 2 amide bonds. The predicted molar refractivity (Wildman–Crippen MR) is 108 cm³/mol. The van der Waals surface area contributed by atoms with Crippen LogP contribution in [0.25, 0.3) is 17.0 Å². The van der Waals surface area contributed by atoms with Crippen LogP contribution in [-0.2, 0) is 16.1 Å². The zero-order valence-electron chi connectivity index (χ0n) is 14.3. The first-order valence-corrected chi connectivity index (χ1v) is 9.12. The number of benzene rings is 2. The molecule has 1 aromatic heterocycles. The van der Waals surface area contributed by atoms with Gasteiger partial charge in [0.15, 0.2) is 5.17 Å². The second-order valence-corrected chi connectivity index (χ2v) is 7.04. The number of aromatic nitrogens is 1. The van der Waals surface area contributed by atoms with Gasteiger partial charge < -0.3 is 15.6 Å². The van der Waals surface area contributed by atoms with Crippen molar-refractivity contribution in [2.45, 2.75) is 6.54 Å². The van der Waals surface area contributed by atoms with Crippen LogP contribution < -0.4 is 11.1 Å². The number of carbonyl (C=O) groups excluding carboxylic acids is 2. The lowest BCUT2D eigenvalue weighted by Crippen LogP contribution is -2.19. The van der Waals surface area contributed by atoms with Crippen LogP contribution in [-0.4, -0.2) is 21.5 Å². The molecule has 0 radical (unpaired) electrons. The number of rotatable bonds is 4. The number of primary amides is 1. The molecule has 0 atom stereocenters. The van der Waals surface area contributed by atoms with Crippen LogP contribution >= 0.6 is 11.8 Å². The molecule has 2 heterocycles. The summed E-state index contributed by atoms with van der Waals surface area (Å²) in [5.41, 5.74) is 7.87. The van der Waals surface area contributed by atoms with Crippen LogP contribution in [0, 0.1) is 0 Å². The molecule has 27 heavy (non-hydrogen) atoms. The quantitative estimate of drug-likeness (QED) is 0.686. The van der Waals surface area contributed by atoms with E-state index in [1.54, 1.807) is 4.57 Å². The topological polar surface area (TPSA) is 89.5 Å². The van der Waals surface area contributed by atoms with Crippen molar-refractivity contribution in [3.05, 3.63) is 71.3 Å². The summed E-state index contributed by atoms with van der Waals surface area (Å²) < 4.78 is 1.79. The minimum atomic E-state index is -0.416. The average Bonchev–Trinajstić information content (AvgIpc) is 3.16. The molecular formula is C20H16N4O2S. The van der Waals surface area contributed by atoms with Crippen molar-refractivity contribution in [3.8, 4) is 0 Å². The maximum atomic E-state index is 12.3. The van der Waals surface area contributed by atoms with Gasteiger partial charge in [-0.3, -0.25) is 9.59 Å². The Hall–Kier alpha value is -3.32. The molecule has 1 fully saturated rings. The Bertz CT molecular complexity index is 1100. The van der Waals surface area contributed by atoms with Gasteiger partial charge >= 0.3 is 0 Å². The Morgan fingerprint density at radius 3 is 2.67 bits per heavy atom. The fourth-order valence-electron chi connectivity index (χ4n) is 2.93. The van der Waals surface area contributed by atoms with Crippen molar-refractivity contribution in [2.75, 3.05) is 0 Å². The third-order valence-electron chi connectivity index (χ3n) is 4.07. The van der Waals surface area contributed by atoms with Crippen molar-refractivity contribution in [3.63, 3.8) is 0 Å². The summed E-state index contributed by atoms with van der Waals surface area (Å²) in [7, 11) is 0. The van der Waals surface area contributed by atoms with Crippen LogP contribution in [0.4, 0.5) is 5.69 Å². The number of para-hydroxylation sites is 2. The van der Waals surface area contributed by atoms with Crippen molar-refractivity contribution < 1.29 is 9.59 Å². The zero-order chi connectivity index (χ0) is 18.8. The molecule has 0 spiro atoms. The number of aliphatic imine (C=N–C) groups is 1. The average molecular weight is 376 g/mol. The monoisotopic (exact) mass is 376 g/mol. The van der Waals surface area contributed by atoms with Gasteiger partial charge in [-0.25, -0.2) is 4.99 Å². The normalized spacial score (nSPS) is 17.0. The number of nitrogens with two attached hydrogens (primary N) is 1. The number of amides is 2. The number of hydrogen-bond acceptors (Lipinski definition) is 4. The van der Waals surface area contributed by atoms with Crippen molar-refractivity contribution >= 4 is 51.4 Å². The molecule has 2 aromatic carbocycles. The fraction of sp³-hybridized carbons (Fsp3) is 0.0500. The van der Waals surface area contributed by atoms with E-state index < -0.39 is 5.91 Å². The molecule has 4 rings (SSSR count). The first-order valence-electron chi connectivity index (χ1n) is 8.31. The number of hydrogen-bond donors (Lipinski definition) is 2. The Morgan fingerprint density at radius 2 is 1.89 bits per heavy atom. The number of nitrogens with zero attached hydrogens (tertiary/aromatic N) is 2. The van der Waals surface area contributed by atoms with Crippen molar-refractivity contribution in [1.82, 2.24) is 9.88 Å². The molecule has 7 heteroatoms. The Morgan fingerprint density at radius 1 is 1.15 bits per heavy atom. The molecule has 1 aliphatic heterocycles. The molecule has 0 unspecified atom stereocenters. The van der Waals surface area contributed by atoms with Crippen LogP contribution in [0.2, 0.25) is 0 Å². The highest BCUT2D eigenvalue weighted by atomic mass is 32.2. The summed E-state index contributed by atoms with van der Waals surface area (Å²) in [6, 6.07) is 17.1. The van der Waals surface area contributed by atoms with E-state index >= 15 is 0 Å². The van der Waals surface area contributed by atoms with Gasteiger partial charge in [-0.05, 0) is 36.0 Å². The molecule has 0 bridgehead atoms. The third kappa shape index (κ3) is 3.63. The Labute approximate surface area is 159 Å². The number of nitrogens with one attached hydrogen (secondary N) is 1. The molecule has 134 valence electrons. The highest BCUT2D eigenvalue weighted by molar-refractivity contribution is 8.18. The van der Waals surface area contributed by atoms with E-state index in [2.05, 4.69) is 10.3 Å². The van der Waals surface area contributed by atoms with Gasteiger partial charge in [0.1, 0.15) is 6.54 Å². The SMILES string of the molecule is NC(=O)Cn1cc(/C=C2/SC(=Nc3ccccc3)NC2=O)c2ccccc21. The van der Waals surface area contributed by atoms with E-state index in [9.17, 15) is 9.59 Å². The molecular weight excluding hydrogens is 360 g/mol. The molecule has 0 saturated carbocycles. The van der Waals surface area contributed by atoms with E-state index in [0.29, 0.717) is 10.1 Å². The molecule has 1 aliphatic rings. The largest absolute Gasteiger partial charge is 0.368 e. The highest BCUT2D eigenvalue weighted by Gasteiger charge is 2.24. The predicted octanol–water partition coefficient (Wildman–Crippen LogP) is 3.02. The van der Waals surface area contributed by atoms with Gasteiger partial charge in [-0.1, -0.05) is 36.4 Å². The van der Waals surface area contributed by atoms with Crippen LogP contribution in [0.1, 0.15) is 5.56 Å². The minimum absolute atomic E-state index is 0.0870. The second kappa shape index (κ2) is 7.13. The Balaban J connectivity index is 1.69. The van der Waals surface area contributed by atoms with E-state index in [4.69, 9.17) is 5.73 Å². The van der Waals surface area contributed by atoms with E-state index in [0.717, 1.165) is 22.2 Å². The lowest BCUT2D eigenvalue weighted by atomic mass is 10.1. The highest BCUT2D eigenvalue weighted by Crippen LogP contribution is 2.31. The smallest absolute Gasteiger partial charge is 0.264 e. The van der Waals surface area contributed by atoms with Gasteiger partial charge in [0.25, 0.3) is 5.91 Å². The summed E-state index contributed by atoms with van der Waals surface area (Å²) in [6.07, 6.45) is 3.65. The van der Waals surface area contributed by atoms with Crippen LogP contribution in [0.15, 0.2) is 70.7 Å².